The van der Waals surface area contributed by atoms with Crippen LogP contribution in [0.1, 0.15) is 213 Å². The molecule has 0 aliphatic carbocycles. The Labute approximate surface area is 417 Å². The van der Waals surface area contributed by atoms with E-state index in [0.717, 1.165) is 70.6 Å². The number of nitrogens with zero attached hydrogens (tertiary/aromatic N) is 1. The summed E-state index contributed by atoms with van der Waals surface area (Å²) >= 11 is 0. The van der Waals surface area contributed by atoms with Crippen molar-refractivity contribution in [3.63, 3.8) is 0 Å². The van der Waals surface area contributed by atoms with Crippen LogP contribution in [0.15, 0.2) is 97.2 Å². The standard InChI is InChI=1S/C60H101NO7/c1-6-8-10-12-14-16-18-20-22-24-26-28-29-31-33-35-37-39-41-43-45-47-49-51-59(63)68-56(54-66-53-52-57(60(64)65)61(3,4)5)55-67-58(62)50-48-46-44-42-40-38-36-34-32-30-27-25-23-21-19-17-15-13-11-9-7-2/h8,10,14,16,20,22,26,28,30-33,37,39,43,45,56-57H,6-7,9,11-13,15,17-19,21,23-25,27,29,34-36,38,40-42,44,46-55H2,1-5H3/p+1/b10-8+,16-14+,22-20+,28-26+,32-30+,33-31+,39-37+,45-43+. The molecule has 0 spiro atoms. The molecule has 0 aromatic rings. The van der Waals surface area contributed by atoms with Crippen LogP contribution in [0.3, 0.4) is 0 Å². The first-order chi connectivity index (χ1) is 33.1. The van der Waals surface area contributed by atoms with E-state index in [2.05, 4.69) is 111 Å². The number of unbranched alkanes of at least 4 members (excludes halogenated alkanes) is 18. The summed E-state index contributed by atoms with van der Waals surface area (Å²) in [6.07, 6.45) is 67.6. The average Bonchev–Trinajstić information content (AvgIpc) is 3.30. The maximum atomic E-state index is 12.8. The Balaban J connectivity index is 4.34. The highest BCUT2D eigenvalue weighted by atomic mass is 16.6. The number of esters is 2. The number of hydrogen-bond donors (Lipinski definition) is 1. The second kappa shape index (κ2) is 49.7. The van der Waals surface area contributed by atoms with Crippen molar-refractivity contribution in [2.45, 2.75) is 225 Å². The monoisotopic (exact) mass is 949 g/mol. The van der Waals surface area contributed by atoms with E-state index in [-0.39, 0.29) is 42.7 Å². The van der Waals surface area contributed by atoms with E-state index >= 15 is 0 Å². The van der Waals surface area contributed by atoms with Crippen molar-refractivity contribution < 1.29 is 38.2 Å². The second-order valence-electron chi connectivity index (χ2n) is 19.1. The molecule has 8 nitrogen and oxygen atoms in total. The van der Waals surface area contributed by atoms with E-state index in [4.69, 9.17) is 14.2 Å². The van der Waals surface area contributed by atoms with Gasteiger partial charge >= 0.3 is 17.9 Å². The maximum absolute atomic E-state index is 12.8. The minimum atomic E-state index is -0.887. The van der Waals surface area contributed by atoms with Crippen molar-refractivity contribution in [2.24, 2.45) is 0 Å². The zero-order chi connectivity index (χ0) is 49.9. The van der Waals surface area contributed by atoms with Crippen molar-refractivity contribution in [1.29, 1.82) is 0 Å². The number of quaternary nitrogens is 1. The molecule has 0 aromatic carbocycles. The molecule has 0 heterocycles. The van der Waals surface area contributed by atoms with E-state index in [1.165, 1.54) is 103 Å². The number of ether oxygens (including phenoxy) is 3. The summed E-state index contributed by atoms with van der Waals surface area (Å²) in [5.41, 5.74) is 0. The molecule has 0 amide bonds. The Bertz CT molecular complexity index is 1430. The Hall–Kier alpha value is -3.75. The lowest BCUT2D eigenvalue weighted by Crippen LogP contribution is -2.50. The molecule has 2 unspecified atom stereocenters. The SMILES string of the molecule is CC/C=C/C/C=C/C/C=C/C/C=C/C/C=C/C/C=C/C/C=C/CCCC(=O)OC(COCCC(C(=O)O)[N+](C)(C)C)COC(=O)CCCCCCCCC/C=C/CCCCCCCCCCCC. The number of carboxylic acid groups (broad SMARTS) is 1. The van der Waals surface area contributed by atoms with Crippen LogP contribution in [0, 0.1) is 0 Å². The lowest BCUT2D eigenvalue weighted by Gasteiger charge is -2.31. The van der Waals surface area contributed by atoms with Crippen LogP contribution < -0.4 is 0 Å². The normalized spacial score (nSPS) is 13.6. The van der Waals surface area contributed by atoms with Crippen LogP contribution in [0.5, 0.6) is 0 Å². The number of carboxylic acids is 1. The molecule has 2 atom stereocenters. The summed E-state index contributed by atoms with van der Waals surface area (Å²) in [7, 11) is 5.51. The fourth-order valence-corrected chi connectivity index (χ4v) is 7.55. The van der Waals surface area contributed by atoms with E-state index in [9.17, 15) is 19.5 Å². The molecule has 0 bridgehead atoms. The quantitative estimate of drug-likeness (QED) is 0.0281. The summed E-state index contributed by atoms with van der Waals surface area (Å²) in [6.45, 7) is 4.57. The van der Waals surface area contributed by atoms with Crippen molar-refractivity contribution in [1.82, 2.24) is 0 Å². The molecule has 0 aliphatic heterocycles. The zero-order valence-corrected chi connectivity index (χ0v) is 44.3. The molecule has 0 saturated heterocycles. The molecule has 0 fully saturated rings. The van der Waals surface area contributed by atoms with Gasteiger partial charge in [-0.3, -0.25) is 9.59 Å². The molecule has 0 aromatic heterocycles. The van der Waals surface area contributed by atoms with Gasteiger partial charge in [-0.15, -0.1) is 0 Å². The molecule has 0 aliphatic rings. The molecular weight excluding hydrogens is 847 g/mol. The molecule has 0 rings (SSSR count). The van der Waals surface area contributed by atoms with Gasteiger partial charge < -0.3 is 23.8 Å². The highest BCUT2D eigenvalue weighted by Gasteiger charge is 2.31. The fraction of sp³-hybridized carbons (Fsp3) is 0.683. The van der Waals surface area contributed by atoms with E-state index in [1.807, 2.05) is 21.1 Å². The molecule has 68 heavy (non-hydrogen) atoms. The van der Waals surface area contributed by atoms with Gasteiger partial charge in [0.05, 0.1) is 34.4 Å². The van der Waals surface area contributed by atoms with Gasteiger partial charge in [-0.05, 0) is 89.9 Å². The average molecular weight is 949 g/mol. The van der Waals surface area contributed by atoms with Gasteiger partial charge in [-0.1, -0.05) is 201 Å². The molecule has 8 heteroatoms. The highest BCUT2D eigenvalue weighted by Crippen LogP contribution is 2.14. The smallest absolute Gasteiger partial charge is 0.362 e. The van der Waals surface area contributed by atoms with Crippen molar-refractivity contribution in [3.05, 3.63) is 97.2 Å². The Kier molecular flexibility index (Phi) is 46.9. The van der Waals surface area contributed by atoms with Crippen molar-refractivity contribution in [2.75, 3.05) is 41.0 Å². The van der Waals surface area contributed by atoms with Crippen molar-refractivity contribution >= 4 is 17.9 Å². The van der Waals surface area contributed by atoms with Crippen LogP contribution >= 0.6 is 0 Å². The van der Waals surface area contributed by atoms with E-state index in [0.29, 0.717) is 19.3 Å². The van der Waals surface area contributed by atoms with Crippen molar-refractivity contribution in [3.8, 4) is 0 Å². The summed E-state index contributed by atoms with van der Waals surface area (Å²) in [6, 6.07) is -0.632. The summed E-state index contributed by atoms with van der Waals surface area (Å²) < 4.78 is 17.3. The number of carbonyl (C=O) groups excluding carboxylic acids is 2. The summed E-state index contributed by atoms with van der Waals surface area (Å²) in [5, 5.41) is 9.67. The molecular formula is C60H102NO7+. The highest BCUT2D eigenvalue weighted by molar-refractivity contribution is 5.72. The zero-order valence-electron chi connectivity index (χ0n) is 44.3. The number of rotatable bonds is 48. The first kappa shape index (κ1) is 64.2. The van der Waals surface area contributed by atoms with Crippen LogP contribution in [0.2, 0.25) is 0 Å². The molecule has 388 valence electrons. The first-order valence-electron chi connectivity index (χ1n) is 27.3. The lowest BCUT2D eigenvalue weighted by atomic mass is 10.1. The minimum absolute atomic E-state index is 0.0313. The second-order valence-corrected chi connectivity index (χ2v) is 19.1. The van der Waals surface area contributed by atoms with Gasteiger partial charge in [0.1, 0.15) is 6.61 Å². The van der Waals surface area contributed by atoms with Crippen LogP contribution in [0.4, 0.5) is 0 Å². The largest absolute Gasteiger partial charge is 0.477 e. The van der Waals surface area contributed by atoms with Gasteiger partial charge in [0, 0.05) is 19.3 Å². The van der Waals surface area contributed by atoms with Gasteiger partial charge in [0.15, 0.2) is 12.1 Å². The van der Waals surface area contributed by atoms with Gasteiger partial charge in [-0.2, -0.15) is 0 Å². The van der Waals surface area contributed by atoms with E-state index in [1.54, 1.807) is 0 Å². The maximum Gasteiger partial charge on any atom is 0.362 e. The number of likely N-dealkylation sites (N-methyl/N-ethyl adjacent to an activating group) is 1. The van der Waals surface area contributed by atoms with Crippen LogP contribution in [0.25, 0.3) is 0 Å². The number of aliphatic carboxylic acids is 1. The lowest BCUT2D eigenvalue weighted by molar-refractivity contribution is -0.887. The third-order valence-electron chi connectivity index (χ3n) is 11.7. The summed E-state index contributed by atoms with van der Waals surface area (Å²) in [5.74, 6) is -1.55. The third kappa shape index (κ3) is 47.3. The van der Waals surface area contributed by atoms with E-state index < -0.39 is 18.1 Å². The number of carbonyl (C=O) groups is 3. The van der Waals surface area contributed by atoms with Gasteiger partial charge in [-0.25, -0.2) is 4.79 Å². The summed E-state index contributed by atoms with van der Waals surface area (Å²) in [4.78, 5) is 37.2. The van der Waals surface area contributed by atoms with Gasteiger partial charge in [0.2, 0.25) is 0 Å². The fourth-order valence-electron chi connectivity index (χ4n) is 7.55. The minimum Gasteiger partial charge on any atom is -0.477 e. The number of allylic oxidation sites excluding steroid dienone is 16. The van der Waals surface area contributed by atoms with Crippen LogP contribution in [-0.2, 0) is 28.6 Å². The Morgan fingerprint density at radius 2 is 0.838 bits per heavy atom. The predicted molar refractivity (Wildman–Crippen MR) is 289 cm³/mol. The third-order valence-corrected chi connectivity index (χ3v) is 11.7. The Morgan fingerprint density at radius 1 is 0.456 bits per heavy atom. The topological polar surface area (TPSA) is 99.1 Å². The first-order valence-corrected chi connectivity index (χ1v) is 27.3. The van der Waals surface area contributed by atoms with Gasteiger partial charge in [0.25, 0.3) is 0 Å². The van der Waals surface area contributed by atoms with Crippen LogP contribution in [-0.4, -0.2) is 80.6 Å². The Morgan fingerprint density at radius 3 is 1.28 bits per heavy atom. The molecule has 0 radical (unpaired) electrons. The predicted octanol–water partition coefficient (Wildman–Crippen LogP) is 16.2. The molecule has 1 N–H and O–H groups in total. The number of hydrogen-bond acceptors (Lipinski definition) is 6. The molecule has 0 saturated carbocycles.